The van der Waals surface area contributed by atoms with E-state index >= 15 is 0 Å². The number of thioether (sulfide) groups is 1. The number of aliphatic hydroxyl groups excluding tert-OH is 1. The second-order valence-corrected chi connectivity index (χ2v) is 7.42. The number of carbonyl (C=O) groups is 4. The van der Waals surface area contributed by atoms with E-state index in [1.165, 1.54) is 11.8 Å². The molecule has 0 aliphatic carbocycles. The fourth-order valence-corrected chi connectivity index (χ4v) is 2.57. The average molecular weight is 407 g/mol. The molecule has 0 radical (unpaired) electrons. The molecular weight excluding hydrogens is 376 g/mol. The monoisotopic (exact) mass is 406 g/mol. The van der Waals surface area contributed by atoms with Crippen LogP contribution in [0, 0.1) is 5.92 Å². The standard InChI is InChI=1S/C16H30N4O6S/c1-9(2)6-11(16(25)26)19-13(22)7-18-15(24)12(8-21)20-14(23)10(17)4-5-27-3/h9-12,21H,4-8,17H2,1-3H3,(H,18,24)(H,19,22)(H,20,23)(H,25,26). The molecule has 0 fully saturated rings. The van der Waals surface area contributed by atoms with E-state index < -0.39 is 55.0 Å². The summed E-state index contributed by atoms with van der Waals surface area (Å²) in [5.41, 5.74) is 5.69. The zero-order valence-electron chi connectivity index (χ0n) is 15.9. The number of nitrogens with one attached hydrogen (secondary N) is 3. The van der Waals surface area contributed by atoms with Crippen LogP contribution in [0.1, 0.15) is 26.7 Å². The van der Waals surface area contributed by atoms with Crippen molar-refractivity contribution in [3.8, 4) is 0 Å². The Morgan fingerprint density at radius 2 is 1.70 bits per heavy atom. The summed E-state index contributed by atoms with van der Waals surface area (Å²) in [6.45, 7) is 2.50. The molecule has 0 aromatic heterocycles. The predicted octanol–water partition coefficient (Wildman–Crippen LogP) is -1.72. The van der Waals surface area contributed by atoms with E-state index in [1.54, 1.807) is 0 Å². The van der Waals surface area contributed by atoms with Crippen LogP contribution in [0.3, 0.4) is 0 Å². The van der Waals surface area contributed by atoms with E-state index in [0.29, 0.717) is 12.2 Å². The van der Waals surface area contributed by atoms with Gasteiger partial charge in [0.15, 0.2) is 0 Å². The fraction of sp³-hybridized carbons (Fsp3) is 0.750. The molecule has 0 saturated carbocycles. The van der Waals surface area contributed by atoms with Crippen LogP contribution in [0.4, 0.5) is 0 Å². The number of aliphatic hydroxyl groups is 1. The summed E-state index contributed by atoms with van der Waals surface area (Å²) < 4.78 is 0. The summed E-state index contributed by atoms with van der Waals surface area (Å²) in [5, 5.41) is 25.3. The van der Waals surface area contributed by atoms with Gasteiger partial charge in [0.2, 0.25) is 17.7 Å². The Morgan fingerprint density at radius 1 is 1.07 bits per heavy atom. The van der Waals surface area contributed by atoms with Gasteiger partial charge < -0.3 is 31.9 Å². The third-order valence-corrected chi connectivity index (χ3v) is 4.19. The third kappa shape index (κ3) is 10.8. The first-order valence-electron chi connectivity index (χ1n) is 8.57. The Balaban J connectivity index is 4.52. The van der Waals surface area contributed by atoms with E-state index in [1.807, 2.05) is 20.1 Å². The van der Waals surface area contributed by atoms with Gasteiger partial charge in [0.05, 0.1) is 19.2 Å². The number of hydrogen-bond donors (Lipinski definition) is 6. The second kappa shape index (κ2) is 13.3. The molecule has 3 atom stereocenters. The van der Waals surface area contributed by atoms with E-state index in [4.69, 9.17) is 10.8 Å². The molecule has 0 aliphatic rings. The van der Waals surface area contributed by atoms with Crippen molar-refractivity contribution in [3.05, 3.63) is 0 Å². The summed E-state index contributed by atoms with van der Waals surface area (Å²) in [5.74, 6) is -2.46. The van der Waals surface area contributed by atoms with E-state index in [0.717, 1.165) is 0 Å². The molecule has 0 bridgehead atoms. The first-order valence-corrected chi connectivity index (χ1v) is 9.97. The van der Waals surface area contributed by atoms with Crippen LogP contribution in [-0.2, 0) is 19.2 Å². The smallest absolute Gasteiger partial charge is 0.326 e. The Labute approximate surface area is 163 Å². The number of carbonyl (C=O) groups excluding carboxylic acids is 3. The third-order valence-electron chi connectivity index (χ3n) is 3.55. The van der Waals surface area contributed by atoms with Crippen LogP contribution in [-0.4, -0.2) is 77.2 Å². The van der Waals surface area contributed by atoms with Crippen LogP contribution in [0.15, 0.2) is 0 Å². The van der Waals surface area contributed by atoms with Gasteiger partial charge in [-0.2, -0.15) is 11.8 Å². The van der Waals surface area contributed by atoms with Gasteiger partial charge in [-0.05, 0) is 30.8 Å². The Morgan fingerprint density at radius 3 is 2.19 bits per heavy atom. The molecule has 11 heteroatoms. The van der Waals surface area contributed by atoms with Crippen molar-refractivity contribution in [1.82, 2.24) is 16.0 Å². The Kier molecular flexibility index (Phi) is 12.4. The zero-order chi connectivity index (χ0) is 21.0. The molecule has 0 saturated heterocycles. The minimum atomic E-state index is -1.25. The lowest BCUT2D eigenvalue weighted by Gasteiger charge is -2.19. The van der Waals surface area contributed by atoms with Gasteiger partial charge in [-0.15, -0.1) is 0 Å². The number of nitrogens with two attached hydrogens (primary N) is 1. The number of carboxylic acid groups (broad SMARTS) is 1. The van der Waals surface area contributed by atoms with Crippen molar-refractivity contribution < 1.29 is 29.4 Å². The molecule has 0 aliphatic heterocycles. The molecule has 27 heavy (non-hydrogen) atoms. The van der Waals surface area contributed by atoms with Crippen molar-refractivity contribution in [1.29, 1.82) is 0 Å². The van der Waals surface area contributed by atoms with Crippen LogP contribution in [0.25, 0.3) is 0 Å². The fourth-order valence-electron chi connectivity index (χ4n) is 2.08. The first-order chi connectivity index (χ1) is 12.6. The Bertz CT molecular complexity index is 517. The van der Waals surface area contributed by atoms with Gasteiger partial charge in [-0.1, -0.05) is 13.8 Å². The maximum Gasteiger partial charge on any atom is 0.326 e. The minimum Gasteiger partial charge on any atom is -0.480 e. The number of hydrogen-bond acceptors (Lipinski definition) is 7. The highest BCUT2D eigenvalue weighted by Crippen LogP contribution is 2.04. The number of amides is 3. The minimum absolute atomic E-state index is 0.0605. The van der Waals surface area contributed by atoms with Crippen LogP contribution < -0.4 is 21.7 Å². The molecule has 10 nitrogen and oxygen atoms in total. The zero-order valence-corrected chi connectivity index (χ0v) is 16.7. The molecule has 0 heterocycles. The average Bonchev–Trinajstić information content (AvgIpc) is 2.60. The molecular formula is C16H30N4O6S. The molecule has 7 N–H and O–H groups in total. The molecule has 0 rings (SSSR count). The SMILES string of the molecule is CSCCC(N)C(=O)NC(CO)C(=O)NCC(=O)NC(CC(C)C)C(=O)O. The highest BCUT2D eigenvalue weighted by molar-refractivity contribution is 7.98. The molecule has 3 unspecified atom stereocenters. The van der Waals surface area contributed by atoms with Crippen molar-refractivity contribution in [2.45, 2.75) is 44.8 Å². The topological polar surface area (TPSA) is 171 Å². The van der Waals surface area contributed by atoms with Crippen molar-refractivity contribution >= 4 is 35.5 Å². The van der Waals surface area contributed by atoms with Crippen molar-refractivity contribution in [3.63, 3.8) is 0 Å². The molecule has 0 aromatic carbocycles. The lowest BCUT2D eigenvalue weighted by atomic mass is 10.0. The molecule has 3 amide bonds. The molecule has 0 aromatic rings. The van der Waals surface area contributed by atoms with E-state index in [-0.39, 0.29) is 12.3 Å². The molecule has 156 valence electrons. The second-order valence-electron chi connectivity index (χ2n) is 6.44. The number of aliphatic carboxylic acids is 1. The Hall–Kier alpha value is -1.85. The maximum atomic E-state index is 12.0. The summed E-state index contributed by atoms with van der Waals surface area (Å²) in [7, 11) is 0. The van der Waals surface area contributed by atoms with Gasteiger partial charge in [0.25, 0.3) is 0 Å². The maximum absolute atomic E-state index is 12.0. The van der Waals surface area contributed by atoms with Crippen LogP contribution in [0.5, 0.6) is 0 Å². The van der Waals surface area contributed by atoms with Gasteiger partial charge in [-0.3, -0.25) is 14.4 Å². The van der Waals surface area contributed by atoms with Gasteiger partial charge in [0, 0.05) is 0 Å². The highest BCUT2D eigenvalue weighted by atomic mass is 32.2. The lowest BCUT2D eigenvalue weighted by molar-refractivity contribution is -0.142. The van der Waals surface area contributed by atoms with Gasteiger partial charge in [0.1, 0.15) is 12.1 Å². The number of rotatable bonds is 13. The lowest BCUT2D eigenvalue weighted by Crippen LogP contribution is -2.55. The number of carboxylic acids is 1. The predicted molar refractivity (Wildman–Crippen MR) is 102 cm³/mol. The van der Waals surface area contributed by atoms with Crippen LogP contribution >= 0.6 is 11.8 Å². The largest absolute Gasteiger partial charge is 0.480 e. The molecule has 0 spiro atoms. The summed E-state index contributed by atoms with van der Waals surface area (Å²) >= 11 is 1.52. The van der Waals surface area contributed by atoms with E-state index in [2.05, 4.69) is 16.0 Å². The van der Waals surface area contributed by atoms with Crippen molar-refractivity contribution in [2.75, 3.05) is 25.2 Å². The van der Waals surface area contributed by atoms with Gasteiger partial charge in [-0.25, -0.2) is 4.79 Å². The summed E-state index contributed by atoms with van der Waals surface area (Å²) in [6, 6.07) is -3.12. The van der Waals surface area contributed by atoms with Crippen molar-refractivity contribution in [2.24, 2.45) is 11.7 Å². The summed E-state index contributed by atoms with van der Waals surface area (Å²) in [6.07, 6.45) is 2.54. The van der Waals surface area contributed by atoms with Crippen LogP contribution in [0.2, 0.25) is 0 Å². The van der Waals surface area contributed by atoms with Gasteiger partial charge >= 0.3 is 5.97 Å². The normalized spacial score (nSPS) is 14.1. The summed E-state index contributed by atoms with van der Waals surface area (Å²) in [4.78, 5) is 46.9. The highest BCUT2D eigenvalue weighted by Gasteiger charge is 2.25. The quantitative estimate of drug-likeness (QED) is 0.210. The first kappa shape index (κ1) is 25.1. The van der Waals surface area contributed by atoms with E-state index in [9.17, 15) is 24.3 Å².